The second kappa shape index (κ2) is 6.53. The Bertz CT molecular complexity index is 1080. The molecule has 0 radical (unpaired) electrons. The quantitative estimate of drug-likeness (QED) is 0.668. The van der Waals surface area contributed by atoms with E-state index < -0.39 is 6.23 Å². The molecule has 2 atom stereocenters. The Hall–Kier alpha value is -3.05. The Kier molecular flexibility index (Phi) is 3.98. The first-order chi connectivity index (χ1) is 13.6. The topological polar surface area (TPSA) is 58.0 Å². The number of hydrogen-bond acceptors (Lipinski definition) is 5. The normalized spacial score (nSPS) is 20.2. The second-order valence-corrected chi connectivity index (χ2v) is 7.54. The molecule has 1 N–H and O–H groups in total. The number of aromatic nitrogens is 1. The lowest BCUT2D eigenvalue weighted by molar-refractivity contribution is -0.0192. The molecule has 1 aromatic heterocycles. The van der Waals surface area contributed by atoms with E-state index in [0.29, 0.717) is 11.4 Å². The molecular weight excluding hydrogens is 374 g/mol. The SMILES string of the molecule is Cc1ccc(O)c(C2=NN3[C@H](C2)c2cc(Cl)ccc2O[C@H]3c2cccnc2)c1. The molecule has 5 rings (SSSR count). The summed E-state index contributed by atoms with van der Waals surface area (Å²) in [6, 6.07) is 15.1. The van der Waals surface area contributed by atoms with Crippen LogP contribution in [0.3, 0.4) is 0 Å². The van der Waals surface area contributed by atoms with Gasteiger partial charge >= 0.3 is 0 Å². The Morgan fingerprint density at radius 1 is 1.18 bits per heavy atom. The lowest BCUT2D eigenvalue weighted by Crippen LogP contribution is -2.33. The number of fused-ring (bicyclic) bond motifs is 3. The Morgan fingerprint density at radius 3 is 2.89 bits per heavy atom. The van der Waals surface area contributed by atoms with Gasteiger partial charge in [-0.1, -0.05) is 29.3 Å². The lowest BCUT2D eigenvalue weighted by Gasteiger charge is -2.38. The van der Waals surface area contributed by atoms with Crippen molar-refractivity contribution in [2.75, 3.05) is 0 Å². The maximum absolute atomic E-state index is 10.4. The van der Waals surface area contributed by atoms with Crippen LogP contribution in [0.4, 0.5) is 0 Å². The first-order valence-corrected chi connectivity index (χ1v) is 9.50. The highest BCUT2D eigenvalue weighted by Gasteiger charge is 2.41. The van der Waals surface area contributed by atoms with Crippen LogP contribution in [0.2, 0.25) is 5.02 Å². The summed E-state index contributed by atoms with van der Waals surface area (Å²) in [5.41, 5.74) is 4.58. The van der Waals surface area contributed by atoms with Gasteiger partial charge in [-0.05, 0) is 43.3 Å². The van der Waals surface area contributed by atoms with E-state index >= 15 is 0 Å². The molecule has 5 nitrogen and oxygen atoms in total. The standard InChI is InChI=1S/C22H18ClN3O2/c1-13-4-6-20(27)16(9-13)18-11-19-17-10-15(23)5-7-21(17)28-22(26(19)25-18)14-3-2-8-24-12-14/h2-10,12,19,22,27H,11H2,1H3/t19-,22+/m1/s1. The number of ether oxygens (including phenoxy) is 1. The van der Waals surface area contributed by atoms with Crippen LogP contribution in [-0.4, -0.2) is 20.8 Å². The van der Waals surface area contributed by atoms with Crippen molar-refractivity contribution in [1.29, 1.82) is 0 Å². The van der Waals surface area contributed by atoms with Crippen LogP contribution in [0.5, 0.6) is 11.5 Å². The summed E-state index contributed by atoms with van der Waals surface area (Å²) in [5.74, 6) is 1.03. The highest BCUT2D eigenvalue weighted by molar-refractivity contribution is 6.30. The van der Waals surface area contributed by atoms with Crippen molar-refractivity contribution in [2.24, 2.45) is 5.10 Å². The van der Waals surface area contributed by atoms with E-state index in [1.54, 1.807) is 18.5 Å². The number of hydrazone groups is 1. The van der Waals surface area contributed by atoms with Gasteiger partial charge in [-0.3, -0.25) is 4.98 Å². The number of halogens is 1. The summed E-state index contributed by atoms with van der Waals surface area (Å²) in [6.45, 7) is 2.00. The zero-order valence-corrected chi connectivity index (χ0v) is 16.0. The molecule has 0 spiro atoms. The minimum atomic E-state index is -0.392. The van der Waals surface area contributed by atoms with E-state index in [-0.39, 0.29) is 11.8 Å². The average Bonchev–Trinajstić information content (AvgIpc) is 3.15. The fourth-order valence-electron chi connectivity index (χ4n) is 3.84. The molecule has 0 saturated carbocycles. The van der Waals surface area contributed by atoms with E-state index in [4.69, 9.17) is 21.4 Å². The van der Waals surface area contributed by atoms with Gasteiger partial charge in [-0.15, -0.1) is 0 Å². The third-order valence-electron chi connectivity index (χ3n) is 5.18. The molecule has 0 bridgehead atoms. The van der Waals surface area contributed by atoms with Gasteiger partial charge in [0.15, 0.2) is 0 Å². The predicted molar refractivity (Wildman–Crippen MR) is 108 cm³/mol. The summed E-state index contributed by atoms with van der Waals surface area (Å²) in [7, 11) is 0. The van der Waals surface area contributed by atoms with E-state index in [1.165, 1.54) is 0 Å². The number of rotatable bonds is 2. The van der Waals surface area contributed by atoms with Crippen LogP contribution in [0.1, 0.15) is 40.9 Å². The fraction of sp³-hybridized carbons (Fsp3) is 0.182. The monoisotopic (exact) mass is 391 g/mol. The smallest absolute Gasteiger partial charge is 0.215 e. The Balaban J connectivity index is 1.63. The van der Waals surface area contributed by atoms with Gasteiger partial charge in [-0.25, -0.2) is 5.01 Å². The minimum absolute atomic E-state index is 0.0254. The number of phenols is 1. The first kappa shape index (κ1) is 17.1. The van der Waals surface area contributed by atoms with Gasteiger partial charge in [0, 0.05) is 40.5 Å². The van der Waals surface area contributed by atoms with Crippen molar-refractivity contribution in [3.8, 4) is 11.5 Å². The first-order valence-electron chi connectivity index (χ1n) is 9.12. The molecule has 3 aromatic rings. The molecule has 28 heavy (non-hydrogen) atoms. The number of aromatic hydroxyl groups is 1. The highest BCUT2D eigenvalue weighted by Crippen LogP contribution is 2.48. The summed E-state index contributed by atoms with van der Waals surface area (Å²) in [5, 5.41) is 17.9. The van der Waals surface area contributed by atoms with Crippen molar-refractivity contribution in [3.05, 3.63) is 88.2 Å². The number of benzene rings is 2. The van der Waals surface area contributed by atoms with Crippen LogP contribution in [-0.2, 0) is 0 Å². The van der Waals surface area contributed by atoms with Crippen LogP contribution in [0, 0.1) is 6.92 Å². The predicted octanol–water partition coefficient (Wildman–Crippen LogP) is 4.99. The number of nitrogens with zero attached hydrogens (tertiary/aromatic N) is 3. The van der Waals surface area contributed by atoms with Crippen LogP contribution in [0.25, 0.3) is 0 Å². The number of aryl methyl sites for hydroxylation is 1. The van der Waals surface area contributed by atoms with Crippen LogP contribution >= 0.6 is 11.6 Å². The van der Waals surface area contributed by atoms with Gasteiger partial charge in [0.1, 0.15) is 11.5 Å². The molecule has 2 aliphatic heterocycles. The van der Waals surface area contributed by atoms with Crippen molar-refractivity contribution in [2.45, 2.75) is 25.6 Å². The summed E-state index contributed by atoms with van der Waals surface area (Å²) in [6.07, 6.45) is 3.79. The zero-order chi connectivity index (χ0) is 19.3. The molecule has 3 heterocycles. The van der Waals surface area contributed by atoms with E-state index in [2.05, 4.69) is 4.98 Å². The maximum Gasteiger partial charge on any atom is 0.215 e. The molecule has 6 heteroatoms. The summed E-state index contributed by atoms with van der Waals surface area (Å²) >= 11 is 6.26. The van der Waals surface area contributed by atoms with Gasteiger partial charge in [0.2, 0.25) is 6.23 Å². The minimum Gasteiger partial charge on any atom is -0.507 e. The Labute approximate surface area is 167 Å². The van der Waals surface area contributed by atoms with Crippen LogP contribution in [0.15, 0.2) is 66.0 Å². The van der Waals surface area contributed by atoms with E-state index in [0.717, 1.165) is 33.7 Å². The van der Waals surface area contributed by atoms with E-state index in [9.17, 15) is 5.11 Å². The summed E-state index contributed by atoms with van der Waals surface area (Å²) in [4.78, 5) is 4.23. The molecule has 2 aromatic carbocycles. The number of pyridine rings is 1. The van der Waals surface area contributed by atoms with Crippen molar-refractivity contribution in [1.82, 2.24) is 9.99 Å². The molecule has 0 aliphatic carbocycles. The fourth-order valence-corrected chi connectivity index (χ4v) is 4.02. The van der Waals surface area contributed by atoms with Crippen molar-refractivity contribution >= 4 is 17.3 Å². The molecule has 0 fully saturated rings. The van der Waals surface area contributed by atoms with E-state index in [1.807, 2.05) is 54.4 Å². The Morgan fingerprint density at radius 2 is 2.07 bits per heavy atom. The van der Waals surface area contributed by atoms with Crippen LogP contribution < -0.4 is 4.74 Å². The third kappa shape index (κ3) is 2.79. The molecule has 0 saturated heterocycles. The third-order valence-corrected chi connectivity index (χ3v) is 5.42. The second-order valence-electron chi connectivity index (χ2n) is 7.11. The lowest BCUT2D eigenvalue weighted by atomic mass is 9.95. The largest absolute Gasteiger partial charge is 0.507 e. The highest BCUT2D eigenvalue weighted by atomic mass is 35.5. The number of phenolic OH excluding ortho intramolecular Hbond substituents is 1. The molecular formula is C22H18ClN3O2. The van der Waals surface area contributed by atoms with Gasteiger partial charge < -0.3 is 9.84 Å². The van der Waals surface area contributed by atoms with Crippen molar-refractivity contribution in [3.63, 3.8) is 0 Å². The summed E-state index contributed by atoms with van der Waals surface area (Å²) < 4.78 is 6.28. The molecule has 2 aliphatic rings. The zero-order valence-electron chi connectivity index (χ0n) is 15.2. The number of hydrogen-bond donors (Lipinski definition) is 1. The van der Waals surface area contributed by atoms with Crippen molar-refractivity contribution < 1.29 is 9.84 Å². The van der Waals surface area contributed by atoms with Gasteiger partial charge in [-0.2, -0.15) is 5.10 Å². The maximum atomic E-state index is 10.4. The molecule has 0 amide bonds. The van der Waals surface area contributed by atoms with Gasteiger partial charge in [0.25, 0.3) is 0 Å². The average molecular weight is 392 g/mol. The van der Waals surface area contributed by atoms with Gasteiger partial charge in [0.05, 0.1) is 11.8 Å². The molecule has 140 valence electrons. The molecule has 0 unspecified atom stereocenters.